The Labute approximate surface area is 163 Å². The molecule has 1 saturated heterocycles. The Morgan fingerprint density at radius 1 is 1.00 bits per heavy atom. The van der Waals surface area contributed by atoms with Gasteiger partial charge < -0.3 is 15.1 Å². The van der Waals surface area contributed by atoms with Crippen molar-refractivity contribution >= 4 is 23.0 Å². The van der Waals surface area contributed by atoms with E-state index < -0.39 is 0 Å². The largest absolute Gasteiger partial charge is 0.335 e. The van der Waals surface area contributed by atoms with Crippen molar-refractivity contribution < 1.29 is 9.59 Å². The summed E-state index contributed by atoms with van der Waals surface area (Å²) in [7, 11) is 2.04. The van der Waals surface area contributed by atoms with Crippen molar-refractivity contribution in [2.75, 3.05) is 38.5 Å². The molecular formula is C21H23N5O2. The third kappa shape index (κ3) is 3.48. The van der Waals surface area contributed by atoms with Gasteiger partial charge in [0.2, 0.25) is 5.82 Å². The van der Waals surface area contributed by atoms with E-state index in [1.165, 1.54) is 0 Å². The number of fused-ring (bicyclic) bond motifs is 1. The summed E-state index contributed by atoms with van der Waals surface area (Å²) < 4.78 is 1.67. The summed E-state index contributed by atoms with van der Waals surface area (Å²) in [6, 6.07) is 13.0. The standard InChI is InChI=1S/C21H23N5O2/c1-15-6-8-16(9-7-15)22-20(27)19-23-18(17-5-3-4-10-26(17)19)21(28)25-13-11-24(2)12-14-25/h3-10H,11-14H2,1-2H3,(H,22,27). The highest BCUT2D eigenvalue weighted by Crippen LogP contribution is 2.18. The van der Waals surface area contributed by atoms with Crippen molar-refractivity contribution in [2.24, 2.45) is 0 Å². The van der Waals surface area contributed by atoms with Gasteiger partial charge in [-0.1, -0.05) is 23.8 Å². The molecule has 1 fully saturated rings. The molecule has 0 atom stereocenters. The van der Waals surface area contributed by atoms with Crippen molar-refractivity contribution in [3.05, 3.63) is 65.7 Å². The van der Waals surface area contributed by atoms with E-state index in [0.29, 0.717) is 30.0 Å². The Morgan fingerprint density at radius 2 is 1.71 bits per heavy atom. The Kier molecular flexibility index (Phi) is 4.83. The molecule has 0 spiro atoms. The fourth-order valence-electron chi connectivity index (χ4n) is 3.34. The van der Waals surface area contributed by atoms with E-state index in [2.05, 4.69) is 15.2 Å². The van der Waals surface area contributed by atoms with E-state index in [1.54, 1.807) is 15.5 Å². The van der Waals surface area contributed by atoms with Crippen LogP contribution in [0.1, 0.15) is 26.7 Å². The van der Waals surface area contributed by atoms with Crippen molar-refractivity contribution in [3.8, 4) is 0 Å². The van der Waals surface area contributed by atoms with Gasteiger partial charge in [0, 0.05) is 38.1 Å². The van der Waals surface area contributed by atoms with E-state index in [1.807, 2.05) is 56.4 Å². The van der Waals surface area contributed by atoms with Gasteiger partial charge in [-0.3, -0.25) is 14.0 Å². The highest BCUT2D eigenvalue weighted by atomic mass is 16.2. The number of hydrogen-bond donors (Lipinski definition) is 1. The number of amides is 2. The first-order valence-electron chi connectivity index (χ1n) is 9.36. The number of imidazole rings is 1. The molecule has 3 heterocycles. The molecule has 4 rings (SSSR count). The van der Waals surface area contributed by atoms with Gasteiger partial charge >= 0.3 is 0 Å². The van der Waals surface area contributed by atoms with Crippen LogP contribution in [-0.2, 0) is 0 Å². The van der Waals surface area contributed by atoms with Crippen LogP contribution in [0.2, 0.25) is 0 Å². The molecule has 0 aliphatic carbocycles. The summed E-state index contributed by atoms with van der Waals surface area (Å²) in [6.45, 7) is 4.97. The Hall–Kier alpha value is -3.19. The Balaban J connectivity index is 1.65. The zero-order chi connectivity index (χ0) is 19.7. The first-order valence-corrected chi connectivity index (χ1v) is 9.36. The zero-order valence-corrected chi connectivity index (χ0v) is 16.1. The van der Waals surface area contributed by atoms with Crippen LogP contribution in [0.3, 0.4) is 0 Å². The third-order valence-corrected chi connectivity index (χ3v) is 5.05. The lowest BCUT2D eigenvalue weighted by atomic mass is 10.2. The number of carbonyl (C=O) groups is 2. The number of benzene rings is 1. The third-order valence-electron chi connectivity index (χ3n) is 5.05. The highest BCUT2D eigenvalue weighted by Gasteiger charge is 2.27. The number of rotatable bonds is 3. The summed E-state index contributed by atoms with van der Waals surface area (Å²) in [6.07, 6.45) is 1.76. The number of aryl methyl sites for hydroxylation is 1. The topological polar surface area (TPSA) is 70.0 Å². The maximum atomic E-state index is 13.1. The Morgan fingerprint density at radius 3 is 2.43 bits per heavy atom. The van der Waals surface area contributed by atoms with Gasteiger partial charge in [0.05, 0.1) is 5.52 Å². The number of aromatic nitrogens is 2. The van der Waals surface area contributed by atoms with Crippen LogP contribution < -0.4 is 5.32 Å². The molecule has 0 bridgehead atoms. The number of anilines is 1. The zero-order valence-electron chi connectivity index (χ0n) is 16.1. The summed E-state index contributed by atoms with van der Waals surface area (Å²) in [5.74, 6) is -0.276. The number of likely N-dealkylation sites (N-methyl/N-ethyl adjacent to an activating group) is 1. The van der Waals surface area contributed by atoms with Crippen LogP contribution in [-0.4, -0.2) is 64.2 Å². The van der Waals surface area contributed by atoms with E-state index in [9.17, 15) is 9.59 Å². The van der Waals surface area contributed by atoms with Crippen molar-refractivity contribution in [2.45, 2.75) is 6.92 Å². The summed E-state index contributed by atoms with van der Waals surface area (Å²) >= 11 is 0. The van der Waals surface area contributed by atoms with Crippen LogP contribution in [0.5, 0.6) is 0 Å². The first-order chi connectivity index (χ1) is 13.5. The molecule has 7 nitrogen and oxygen atoms in total. The molecule has 28 heavy (non-hydrogen) atoms. The lowest BCUT2D eigenvalue weighted by molar-refractivity contribution is 0.0661. The molecule has 1 N–H and O–H groups in total. The normalized spacial score (nSPS) is 15.0. The predicted octanol–water partition coefficient (Wildman–Crippen LogP) is 2.28. The highest BCUT2D eigenvalue weighted by molar-refractivity contribution is 6.06. The SMILES string of the molecule is Cc1ccc(NC(=O)c2nc(C(=O)N3CCN(C)CC3)c3ccccn23)cc1. The number of piperazine rings is 1. The van der Waals surface area contributed by atoms with Gasteiger partial charge in [-0.15, -0.1) is 0 Å². The molecule has 3 aromatic rings. The molecule has 2 aromatic heterocycles. The Bertz CT molecular complexity index is 1020. The summed E-state index contributed by atoms with van der Waals surface area (Å²) in [5.41, 5.74) is 2.76. The fourth-order valence-corrected chi connectivity index (χ4v) is 3.34. The maximum absolute atomic E-state index is 13.1. The smallest absolute Gasteiger partial charge is 0.292 e. The van der Waals surface area contributed by atoms with Crippen LogP contribution in [0, 0.1) is 6.92 Å². The van der Waals surface area contributed by atoms with E-state index in [-0.39, 0.29) is 17.6 Å². The summed E-state index contributed by atoms with van der Waals surface area (Å²) in [4.78, 5) is 34.3. The second-order valence-corrected chi connectivity index (χ2v) is 7.16. The van der Waals surface area contributed by atoms with Crippen LogP contribution >= 0.6 is 0 Å². The minimum Gasteiger partial charge on any atom is -0.335 e. The number of nitrogens with zero attached hydrogens (tertiary/aromatic N) is 4. The number of pyridine rings is 1. The second kappa shape index (κ2) is 7.44. The van der Waals surface area contributed by atoms with Crippen LogP contribution in [0.25, 0.3) is 5.52 Å². The molecule has 144 valence electrons. The number of carbonyl (C=O) groups excluding carboxylic acids is 2. The minimum atomic E-state index is -0.345. The van der Waals surface area contributed by atoms with E-state index in [4.69, 9.17) is 0 Å². The fraction of sp³-hybridized carbons (Fsp3) is 0.286. The molecular weight excluding hydrogens is 354 g/mol. The summed E-state index contributed by atoms with van der Waals surface area (Å²) in [5, 5.41) is 2.86. The van der Waals surface area contributed by atoms with E-state index in [0.717, 1.165) is 18.7 Å². The molecule has 1 aromatic carbocycles. The molecule has 1 aliphatic rings. The van der Waals surface area contributed by atoms with Crippen LogP contribution in [0.15, 0.2) is 48.7 Å². The lowest BCUT2D eigenvalue weighted by Gasteiger charge is -2.32. The molecule has 0 radical (unpaired) electrons. The van der Waals surface area contributed by atoms with Gasteiger partial charge in [-0.05, 0) is 38.2 Å². The van der Waals surface area contributed by atoms with Crippen molar-refractivity contribution in [1.29, 1.82) is 0 Å². The molecule has 2 amide bonds. The van der Waals surface area contributed by atoms with Crippen molar-refractivity contribution in [1.82, 2.24) is 19.2 Å². The quantitative estimate of drug-likeness (QED) is 0.760. The van der Waals surface area contributed by atoms with Gasteiger partial charge in [-0.2, -0.15) is 0 Å². The monoisotopic (exact) mass is 377 g/mol. The number of nitrogens with one attached hydrogen (secondary N) is 1. The predicted molar refractivity (Wildman–Crippen MR) is 108 cm³/mol. The average molecular weight is 377 g/mol. The molecule has 0 saturated carbocycles. The maximum Gasteiger partial charge on any atom is 0.292 e. The van der Waals surface area contributed by atoms with Gasteiger partial charge in [0.1, 0.15) is 0 Å². The van der Waals surface area contributed by atoms with Crippen molar-refractivity contribution in [3.63, 3.8) is 0 Å². The first kappa shape index (κ1) is 18.2. The van der Waals surface area contributed by atoms with E-state index >= 15 is 0 Å². The second-order valence-electron chi connectivity index (χ2n) is 7.16. The number of hydrogen-bond acceptors (Lipinski definition) is 4. The lowest BCUT2D eigenvalue weighted by Crippen LogP contribution is -2.47. The molecule has 0 unspecified atom stereocenters. The molecule has 7 heteroatoms. The minimum absolute atomic E-state index is 0.133. The van der Waals surface area contributed by atoms with Gasteiger partial charge in [-0.25, -0.2) is 4.98 Å². The van der Waals surface area contributed by atoms with Gasteiger partial charge in [0.25, 0.3) is 11.8 Å². The van der Waals surface area contributed by atoms with Gasteiger partial charge in [0.15, 0.2) is 5.69 Å². The average Bonchev–Trinajstić information content (AvgIpc) is 3.10. The van der Waals surface area contributed by atoms with Crippen LogP contribution in [0.4, 0.5) is 5.69 Å². The molecule has 1 aliphatic heterocycles.